The molecule has 0 unspecified atom stereocenters. The van der Waals surface area contributed by atoms with Gasteiger partial charge in [-0.05, 0) is 24.3 Å². The largest absolute Gasteiger partial charge is 0.507 e. The molecule has 2 aromatic rings. The van der Waals surface area contributed by atoms with Gasteiger partial charge in [-0.15, -0.1) is 0 Å². The number of aromatic hydroxyl groups is 1. The second kappa shape index (κ2) is 7.16. The van der Waals surface area contributed by atoms with Gasteiger partial charge in [0.2, 0.25) is 0 Å². The van der Waals surface area contributed by atoms with E-state index in [1.807, 2.05) is 0 Å². The Morgan fingerprint density at radius 2 is 1.86 bits per heavy atom. The average Bonchev–Trinajstić information content (AvgIpc) is 2.49. The fourth-order valence-electron chi connectivity index (χ4n) is 1.68. The number of hydrogen-bond acceptors (Lipinski definition) is 4. The number of nitrogens with one attached hydrogen (secondary N) is 1. The number of para-hydroxylation sites is 2. The van der Waals surface area contributed by atoms with Crippen molar-refractivity contribution in [3.05, 3.63) is 59.7 Å². The highest BCUT2D eigenvalue weighted by atomic mass is 19.3. The van der Waals surface area contributed by atoms with Crippen LogP contribution in [-0.4, -0.2) is 23.8 Å². The first-order valence-electron chi connectivity index (χ1n) is 6.23. The van der Waals surface area contributed by atoms with E-state index in [1.165, 1.54) is 36.5 Å². The van der Waals surface area contributed by atoms with Crippen LogP contribution >= 0.6 is 0 Å². The summed E-state index contributed by atoms with van der Waals surface area (Å²) in [6, 6.07) is 12.0. The molecule has 5 nitrogen and oxygen atoms in total. The molecule has 0 aliphatic rings. The highest BCUT2D eigenvalue weighted by molar-refractivity contribution is 5.97. The standard InChI is InChI=1S/C15H12F2N2O3/c16-15(17)22-13-8-4-1-5-10(13)9-18-19-14(21)11-6-2-3-7-12(11)20/h1-9,15,20H,(H,19,21)/b18-9-. The summed E-state index contributed by atoms with van der Waals surface area (Å²) >= 11 is 0. The van der Waals surface area contributed by atoms with Crippen molar-refractivity contribution in [2.45, 2.75) is 6.61 Å². The molecular formula is C15H12F2N2O3. The van der Waals surface area contributed by atoms with Crippen molar-refractivity contribution in [2.24, 2.45) is 5.10 Å². The molecule has 0 radical (unpaired) electrons. The Kier molecular flexibility index (Phi) is 5.02. The number of nitrogens with zero attached hydrogens (tertiary/aromatic N) is 1. The van der Waals surface area contributed by atoms with Gasteiger partial charge in [-0.3, -0.25) is 4.79 Å². The number of phenolic OH excluding ortho intramolecular Hbond substituents is 1. The van der Waals surface area contributed by atoms with E-state index < -0.39 is 12.5 Å². The Balaban J connectivity index is 2.07. The number of carbonyl (C=O) groups excluding carboxylic acids is 1. The summed E-state index contributed by atoms with van der Waals surface area (Å²) in [6.07, 6.45) is 1.18. The predicted molar refractivity (Wildman–Crippen MR) is 76.2 cm³/mol. The molecule has 0 saturated heterocycles. The minimum Gasteiger partial charge on any atom is -0.507 e. The molecular weight excluding hydrogens is 294 g/mol. The van der Waals surface area contributed by atoms with Crippen LogP contribution in [0.4, 0.5) is 8.78 Å². The maximum Gasteiger partial charge on any atom is 0.387 e. The third-order valence-corrected chi connectivity index (χ3v) is 2.65. The van der Waals surface area contributed by atoms with Gasteiger partial charge in [-0.2, -0.15) is 13.9 Å². The van der Waals surface area contributed by atoms with Crippen molar-refractivity contribution >= 4 is 12.1 Å². The maximum atomic E-state index is 12.3. The van der Waals surface area contributed by atoms with Gasteiger partial charge < -0.3 is 9.84 Å². The normalized spacial score (nSPS) is 10.9. The van der Waals surface area contributed by atoms with Crippen LogP contribution in [0, 0.1) is 0 Å². The first kappa shape index (κ1) is 15.4. The molecule has 0 aliphatic heterocycles. The van der Waals surface area contributed by atoms with Gasteiger partial charge in [0.05, 0.1) is 11.8 Å². The van der Waals surface area contributed by atoms with Gasteiger partial charge >= 0.3 is 6.61 Å². The SMILES string of the molecule is O=C(N/N=C\c1ccccc1OC(F)F)c1ccccc1O. The smallest absolute Gasteiger partial charge is 0.387 e. The van der Waals surface area contributed by atoms with Crippen molar-refractivity contribution in [1.29, 1.82) is 0 Å². The highest BCUT2D eigenvalue weighted by Crippen LogP contribution is 2.18. The van der Waals surface area contributed by atoms with Crippen molar-refractivity contribution in [1.82, 2.24) is 5.43 Å². The molecule has 0 spiro atoms. The van der Waals surface area contributed by atoms with Gasteiger partial charge in [0.15, 0.2) is 0 Å². The van der Waals surface area contributed by atoms with Crippen LogP contribution in [-0.2, 0) is 0 Å². The van der Waals surface area contributed by atoms with Crippen molar-refractivity contribution in [3.63, 3.8) is 0 Å². The Morgan fingerprint density at radius 3 is 2.59 bits per heavy atom. The monoisotopic (exact) mass is 306 g/mol. The lowest BCUT2D eigenvalue weighted by molar-refractivity contribution is -0.0499. The zero-order valence-corrected chi connectivity index (χ0v) is 11.2. The lowest BCUT2D eigenvalue weighted by Crippen LogP contribution is -2.17. The zero-order chi connectivity index (χ0) is 15.9. The number of benzene rings is 2. The van der Waals surface area contributed by atoms with Gasteiger partial charge in [-0.25, -0.2) is 5.43 Å². The summed E-state index contributed by atoms with van der Waals surface area (Å²) in [5.74, 6) is -0.865. The molecule has 1 amide bonds. The van der Waals surface area contributed by atoms with E-state index >= 15 is 0 Å². The Bertz CT molecular complexity index is 690. The molecule has 0 fully saturated rings. The van der Waals surface area contributed by atoms with E-state index in [1.54, 1.807) is 18.2 Å². The minimum absolute atomic E-state index is 0.0526. The molecule has 0 aromatic heterocycles. The quantitative estimate of drug-likeness (QED) is 0.659. The molecule has 0 heterocycles. The molecule has 2 N–H and O–H groups in total. The van der Waals surface area contributed by atoms with E-state index in [2.05, 4.69) is 15.3 Å². The Labute approximate surface area is 124 Å². The van der Waals surface area contributed by atoms with Gasteiger partial charge in [-0.1, -0.05) is 24.3 Å². The van der Waals surface area contributed by atoms with Crippen LogP contribution in [0.25, 0.3) is 0 Å². The van der Waals surface area contributed by atoms with E-state index in [4.69, 9.17) is 0 Å². The highest BCUT2D eigenvalue weighted by Gasteiger charge is 2.10. The molecule has 114 valence electrons. The molecule has 22 heavy (non-hydrogen) atoms. The van der Waals surface area contributed by atoms with Crippen molar-refractivity contribution < 1.29 is 23.4 Å². The van der Waals surface area contributed by atoms with E-state index in [0.29, 0.717) is 0 Å². The number of carbonyl (C=O) groups is 1. The summed E-state index contributed by atoms with van der Waals surface area (Å²) in [5, 5.41) is 13.2. The van der Waals surface area contributed by atoms with Crippen molar-refractivity contribution in [3.8, 4) is 11.5 Å². The lowest BCUT2D eigenvalue weighted by atomic mass is 10.2. The molecule has 0 aliphatic carbocycles. The third-order valence-electron chi connectivity index (χ3n) is 2.65. The molecule has 0 bridgehead atoms. The number of hydrazone groups is 1. The molecule has 2 rings (SSSR count). The Hall–Kier alpha value is -2.96. The van der Waals surface area contributed by atoms with Crippen LogP contribution in [0.15, 0.2) is 53.6 Å². The lowest BCUT2D eigenvalue weighted by Gasteiger charge is -2.07. The predicted octanol–water partition coefficient (Wildman–Crippen LogP) is 2.76. The molecule has 0 atom stereocenters. The minimum atomic E-state index is -2.95. The van der Waals surface area contributed by atoms with E-state index in [9.17, 15) is 18.7 Å². The van der Waals surface area contributed by atoms with Gasteiger partial charge in [0, 0.05) is 5.56 Å². The second-order valence-electron chi connectivity index (χ2n) is 4.13. The number of ether oxygens (including phenoxy) is 1. The number of rotatable bonds is 5. The van der Waals surface area contributed by atoms with Crippen LogP contribution in [0.5, 0.6) is 11.5 Å². The number of hydrogen-bond donors (Lipinski definition) is 2. The van der Waals surface area contributed by atoms with E-state index in [-0.39, 0.29) is 22.6 Å². The number of alkyl halides is 2. The van der Waals surface area contributed by atoms with Crippen LogP contribution in [0.1, 0.15) is 15.9 Å². The summed E-state index contributed by atoms with van der Waals surface area (Å²) in [7, 11) is 0. The molecule has 7 heteroatoms. The fourth-order valence-corrected chi connectivity index (χ4v) is 1.68. The number of phenols is 1. The van der Waals surface area contributed by atoms with Crippen LogP contribution in [0.3, 0.4) is 0 Å². The van der Waals surface area contributed by atoms with Gasteiger partial charge in [0.25, 0.3) is 5.91 Å². The first-order valence-corrected chi connectivity index (χ1v) is 6.23. The van der Waals surface area contributed by atoms with Crippen LogP contribution in [0.2, 0.25) is 0 Å². The molecule has 2 aromatic carbocycles. The number of halogens is 2. The Morgan fingerprint density at radius 1 is 1.18 bits per heavy atom. The van der Waals surface area contributed by atoms with E-state index in [0.717, 1.165) is 0 Å². The van der Waals surface area contributed by atoms with Gasteiger partial charge in [0.1, 0.15) is 11.5 Å². The fraction of sp³-hybridized carbons (Fsp3) is 0.0667. The third kappa shape index (κ3) is 4.02. The first-order chi connectivity index (χ1) is 10.6. The number of amides is 1. The summed E-state index contributed by atoms with van der Waals surface area (Å²) in [6.45, 7) is -2.95. The summed E-state index contributed by atoms with van der Waals surface area (Å²) in [5.41, 5.74) is 2.53. The zero-order valence-electron chi connectivity index (χ0n) is 11.2. The second-order valence-corrected chi connectivity index (χ2v) is 4.13. The summed E-state index contributed by atoms with van der Waals surface area (Å²) < 4.78 is 28.8. The summed E-state index contributed by atoms with van der Waals surface area (Å²) in [4.78, 5) is 11.8. The molecule has 0 saturated carbocycles. The van der Waals surface area contributed by atoms with Crippen LogP contribution < -0.4 is 10.2 Å². The average molecular weight is 306 g/mol. The topological polar surface area (TPSA) is 70.9 Å². The maximum absolute atomic E-state index is 12.3. The van der Waals surface area contributed by atoms with Crippen molar-refractivity contribution in [2.75, 3.05) is 0 Å².